The molecule has 0 saturated carbocycles. The molecule has 0 unspecified atom stereocenters. The zero-order valence-corrected chi connectivity index (χ0v) is 12.8. The highest BCUT2D eigenvalue weighted by molar-refractivity contribution is 6.79. The molecule has 1 rings (SSSR count). The van der Waals surface area contributed by atoms with Gasteiger partial charge in [-0.1, -0.05) is 37.8 Å². The van der Waals surface area contributed by atoms with E-state index in [2.05, 4.69) is 74.7 Å². The quantitative estimate of drug-likeness (QED) is 0.630. The van der Waals surface area contributed by atoms with Crippen LogP contribution in [-0.4, -0.2) is 20.0 Å². The number of para-hydroxylation sites is 1. The molecule has 1 aromatic rings. The number of benzene rings is 1. The Morgan fingerprint density at radius 2 is 1.71 bits per heavy atom. The molecule has 0 bridgehead atoms. The molecule has 1 aromatic carbocycles. The molecule has 0 aliphatic carbocycles. The molecule has 0 fully saturated rings. The molecular formula is C14H24N2Si. The predicted octanol–water partition coefficient (Wildman–Crippen LogP) is 4.15. The Balaban J connectivity index is 2.97. The van der Waals surface area contributed by atoms with Gasteiger partial charge in [-0.15, -0.1) is 0 Å². The lowest BCUT2D eigenvalue weighted by atomic mass is 10.1. The highest BCUT2D eigenvalue weighted by Crippen LogP contribution is 2.17. The first-order chi connectivity index (χ1) is 7.67. The van der Waals surface area contributed by atoms with Crippen LogP contribution in [-0.2, 0) is 0 Å². The van der Waals surface area contributed by atoms with Gasteiger partial charge in [-0.05, 0) is 26.8 Å². The van der Waals surface area contributed by atoms with Crippen LogP contribution in [0.25, 0.3) is 0 Å². The minimum atomic E-state index is -1.32. The van der Waals surface area contributed by atoms with Crippen molar-refractivity contribution in [1.29, 1.82) is 0 Å². The van der Waals surface area contributed by atoms with Crippen LogP contribution < -0.4 is 4.98 Å². The number of nitrogens with zero attached hydrogens (tertiary/aromatic N) is 1. The minimum Gasteiger partial charge on any atom is -0.410 e. The molecule has 0 heterocycles. The van der Waals surface area contributed by atoms with Gasteiger partial charge in [0, 0.05) is 17.5 Å². The molecular weight excluding hydrogens is 224 g/mol. The Kier molecular flexibility index (Phi) is 4.15. The minimum absolute atomic E-state index is 0.0216. The third-order valence-corrected chi connectivity index (χ3v) is 3.08. The van der Waals surface area contributed by atoms with E-state index in [1.807, 2.05) is 6.21 Å². The molecule has 2 nitrogen and oxygen atoms in total. The summed E-state index contributed by atoms with van der Waals surface area (Å²) in [5.74, 6) is 0. The summed E-state index contributed by atoms with van der Waals surface area (Å²) in [6, 6.07) is 8.36. The molecule has 0 amide bonds. The van der Waals surface area contributed by atoms with Crippen LogP contribution in [0.15, 0.2) is 29.3 Å². The Morgan fingerprint density at radius 1 is 1.12 bits per heavy atom. The highest BCUT2D eigenvalue weighted by atomic mass is 28.3. The van der Waals surface area contributed by atoms with E-state index in [1.165, 1.54) is 11.3 Å². The predicted molar refractivity (Wildman–Crippen MR) is 80.8 cm³/mol. The van der Waals surface area contributed by atoms with Gasteiger partial charge in [0.15, 0.2) is 0 Å². The van der Waals surface area contributed by atoms with E-state index in [0.717, 1.165) is 0 Å². The summed E-state index contributed by atoms with van der Waals surface area (Å²) in [6.45, 7) is 13.2. The highest BCUT2D eigenvalue weighted by Gasteiger charge is 2.14. The van der Waals surface area contributed by atoms with Crippen molar-refractivity contribution in [2.45, 2.75) is 46.0 Å². The zero-order valence-electron chi connectivity index (χ0n) is 11.8. The van der Waals surface area contributed by atoms with Crippen molar-refractivity contribution in [3.05, 3.63) is 29.8 Å². The van der Waals surface area contributed by atoms with Crippen molar-refractivity contribution in [3.8, 4) is 0 Å². The second kappa shape index (κ2) is 5.04. The fourth-order valence-electron chi connectivity index (χ4n) is 1.39. The van der Waals surface area contributed by atoms with E-state index in [-0.39, 0.29) is 5.54 Å². The van der Waals surface area contributed by atoms with Gasteiger partial charge < -0.3 is 4.98 Å². The molecule has 0 aliphatic rings. The maximum absolute atomic E-state index is 4.57. The monoisotopic (exact) mass is 248 g/mol. The van der Waals surface area contributed by atoms with E-state index < -0.39 is 8.24 Å². The van der Waals surface area contributed by atoms with Crippen LogP contribution in [0.4, 0.5) is 5.69 Å². The molecule has 1 N–H and O–H groups in total. The van der Waals surface area contributed by atoms with Crippen LogP contribution in [0.5, 0.6) is 0 Å². The van der Waals surface area contributed by atoms with E-state index in [9.17, 15) is 0 Å². The van der Waals surface area contributed by atoms with Crippen molar-refractivity contribution in [3.63, 3.8) is 0 Å². The van der Waals surface area contributed by atoms with E-state index in [1.54, 1.807) is 0 Å². The van der Waals surface area contributed by atoms with Crippen LogP contribution in [0.3, 0.4) is 0 Å². The molecule has 3 heteroatoms. The standard InChI is InChI=1S/C14H24N2Si/c1-14(2,3)15-11-12-9-7-8-10-13(12)16-17(4,5)6/h7-11,16H,1-6H3. The Labute approximate surface area is 106 Å². The first-order valence-corrected chi connectivity index (χ1v) is 9.60. The summed E-state index contributed by atoms with van der Waals surface area (Å²) < 4.78 is 0. The van der Waals surface area contributed by atoms with Crippen molar-refractivity contribution in [1.82, 2.24) is 0 Å². The summed E-state index contributed by atoms with van der Waals surface area (Å²) in [5, 5.41) is 0. The second-order valence-corrected chi connectivity index (χ2v) is 11.1. The summed E-state index contributed by atoms with van der Waals surface area (Å²) >= 11 is 0. The van der Waals surface area contributed by atoms with E-state index >= 15 is 0 Å². The van der Waals surface area contributed by atoms with Crippen molar-refractivity contribution in [2.24, 2.45) is 4.99 Å². The average Bonchev–Trinajstić information content (AvgIpc) is 2.12. The summed E-state index contributed by atoms with van der Waals surface area (Å²) in [5.41, 5.74) is 2.34. The lowest BCUT2D eigenvalue weighted by Gasteiger charge is -2.21. The Morgan fingerprint density at radius 3 is 2.24 bits per heavy atom. The number of hydrogen-bond acceptors (Lipinski definition) is 2. The molecule has 0 saturated heterocycles. The van der Waals surface area contributed by atoms with Gasteiger partial charge in [-0.3, -0.25) is 4.99 Å². The lowest BCUT2D eigenvalue weighted by molar-refractivity contribution is 0.587. The second-order valence-electron chi connectivity index (χ2n) is 6.39. The van der Waals surface area contributed by atoms with E-state index in [4.69, 9.17) is 0 Å². The van der Waals surface area contributed by atoms with Crippen LogP contribution in [0.2, 0.25) is 19.6 Å². The molecule has 0 aromatic heterocycles. The molecule has 17 heavy (non-hydrogen) atoms. The van der Waals surface area contributed by atoms with Crippen LogP contribution in [0.1, 0.15) is 26.3 Å². The normalized spacial score (nSPS) is 13.1. The summed E-state index contributed by atoms with van der Waals surface area (Å²) in [6.07, 6.45) is 1.97. The van der Waals surface area contributed by atoms with Crippen molar-refractivity contribution >= 4 is 20.1 Å². The zero-order chi connectivity index (χ0) is 13.1. The first kappa shape index (κ1) is 14.0. The van der Waals surface area contributed by atoms with Gasteiger partial charge >= 0.3 is 0 Å². The fourth-order valence-corrected chi connectivity index (χ4v) is 2.43. The van der Waals surface area contributed by atoms with Crippen LogP contribution in [0, 0.1) is 0 Å². The smallest absolute Gasteiger partial charge is 0.144 e. The molecule has 0 spiro atoms. The molecule has 0 radical (unpaired) electrons. The molecule has 0 atom stereocenters. The topological polar surface area (TPSA) is 24.4 Å². The summed E-state index contributed by atoms with van der Waals surface area (Å²) in [7, 11) is -1.32. The lowest BCUT2D eigenvalue weighted by Crippen LogP contribution is -2.32. The third-order valence-electron chi connectivity index (χ3n) is 2.06. The Bertz CT molecular complexity index is 397. The maximum Gasteiger partial charge on any atom is 0.144 e. The van der Waals surface area contributed by atoms with Gasteiger partial charge in [0.2, 0.25) is 0 Å². The van der Waals surface area contributed by atoms with Crippen LogP contribution >= 0.6 is 0 Å². The first-order valence-electron chi connectivity index (χ1n) is 6.10. The molecule has 0 aliphatic heterocycles. The average molecular weight is 248 g/mol. The fraction of sp³-hybridized carbons (Fsp3) is 0.500. The van der Waals surface area contributed by atoms with E-state index in [0.29, 0.717) is 0 Å². The summed E-state index contributed by atoms with van der Waals surface area (Å²) in [4.78, 5) is 8.20. The van der Waals surface area contributed by atoms with Gasteiger partial charge in [0.05, 0.1) is 5.54 Å². The number of hydrogen-bond donors (Lipinski definition) is 1. The van der Waals surface area contributed by atoms with Gasteiger partial charge in [0.1, 0.15) is 8.24 Å². The SMILES string of the molecule is CC(C)(C)N=Cc1ccccc1N[Si](C)(C)C. The van der Waals surface area contributed by atoms with Gasteiger partial charge in [-0.2, -0.15) is 0 Å². The number of nitrogens with one attached hydrogen (secondary N) is 1. The largest absolute Gasteiger partial charge is 0.410 e. The Hall–Kier alpha value is -1.09. The van der Waals surface area contributed by atoms with Gasteiger partial charge in [-0.25, -0.2) is 0 Å². The maximum atomic E-state index is 4.57. The molecule has 94 valence electrons. The number of anilines is 1. The van der Waals surface area contributed by atoms with Crippen molar-refractivity contribution in [2.75, 3.05) is 4.98 Å². The number of aliphatic imine (C=N–C) groups is 1. The third kappa shape index (κ3) is 5.68. The number of rotatable bonds is 3. The van der Waals surface area contributed by atoms with Crippen molar-refractivity contribution < 1.29 is 0 Å². The van der Waals surface area contributed by atoms with Gasteiger partial charge in [0.25, 0.3) is 0 Å².